The second-order valence-electron chi connectivity index (χ2n) is 5.22. The maximum atomic E-state index is 12.6. The van der Waals surface area contributed by atoms with E-state index in [0.29, 0.717) is 5.56 Å². The number of hydrogen-bond acceptors (Lipinski definition) is 4. The third-order valence-corrected chi connectivity index (χ3v) is 4.58. The summed E-state index contributed by atoms with van der Waals surface area (Å²) in [7, 11) is -3.90. The summed E-state index contributed by atoms with van der Waals surface area (Å²) in [5.41, 5.74) is 1.70. The van der Waals surface area contributed by atoms with Crippen molar-refractivity contribution in [1.29, 1.82) is 0 Å². The monoisotopic (exact) mass is 357 g/mol. The Hall–Kier alpha value is -2.73. The van der Waals surface area contributed by atoms with E-state index in [-0.39, 0.29) is 17.2 Å². The number of nitrogens with zero attached hydrogens (tertiary/aromatic N) is 1. The summed E-state index contributed by atoms with van der Waals surface area (Å²) in [5.74, 6) is -0.557. The quantitative estimate of drug-likeness (QED) is 0.452. The van der Waals surface area contributed by atoms with Crippen LogP contribution in [0.15, 0.2) is 76.0 Å². The van der Waals surface area contributed by atoms with Crippen LogP contribution in [0.3, 0.4) is 0 Å². The van der Waals surface area contributed by atoms with Crippen LogP contribution < -0.4 is 0 Å². The van der Waals surface area contributed by atoms with Crippen LogP contribution in [0, 0.1) is 6.92 Å². The molecule has 5 nitrogen and oxygen atoms in total. The number of carbonyl (C=O) groups is 1. The fourth-order valence-corrected chi connectivity index (χ4v) is 3.03. The smallest absolute Gasteiger partial charge is 0.330 e. The Balaban J connectivity index is 2.45. The van der Waals surface area contributed by atoms with Crippen LogP contribution in [-0.2, 0) is 19.6 Å². The van der Waals surface area contributed by atoms with Gasteiger partial charge >= 0.3 is 5.97 Å². The van der Waals surface area contributed by atoms with Gasteiger partial charge in [-0.3, -0.25) is 0 Å². The average Bonchev–Trinajstić information content (AvgIpc) is 2.60. The number of sulfonamides is 1. The van der Waals surface area contributed by atoms with Crippen molar-refractivity contribution < 1.29 is 17.9 Å². The van der Waals surface area contributed by atoms with Gasteiger partial charge in [0, 0.05) is 11.6 Å². The summed E-state index contributed by atoms with van der Waals surface area (Å²) in [5, 5.41) is 0. The molecule has 0 amide bonds. The summed E-state index contributed by atoms with van der Waals surface area (Å²) in [6, 6.07) is 15.2. The van der Waals surface area contributed by atoms with Crippen molar-refractivity contribution in [1.82, 2.24) is 0 Å². The van der Waals surface area contributed by atoms with Crippen molar-refractivity contribution in [2.75, 3.05) is 6.61 Å². The highest BCUT2D eigenvalue weighted by atomic mass is 32.2. The van der Waals surface area contributed by atoms with E-state index in [9.17, 15) is 13.2 Å². The van der Waals surface area contributed by atoms with Crippen LogP contribution in [0.4, 0.5) is 0 Å². The minimum atomic E-state index is -3.90. The van der Waals surface area contributed by atoms with Gasteiger partial charge in [-0.25, -0.2) is 4.79 Å². The molecule has 6 heteroatoms. The number of ether oxygens (including phenoxy) is 1. The summed E-state index contributed by atoms with van der Waals surface area (Å²) >= 11 is 0. The van der Waals surface area contributed by atoms with Crippen molar-refractivity contribution >= 4 is 21.7 Å². The highest BCUT2D eigenvalue weighted by Gasteiger charge is 2.14. The largest absolute Gasteiger partial charge is 0.463 e. The summed E-state index contributed by atoms with van der Waals surface area (Å²) in [4.78, 5) is 11.6. The lowest BCUT2D eigenvalue weighted by molar-refractivity contribution is -0.137. The van der Waals surface area contributed by atoms with Crippen LogP contribution in [0.1, 0.15) is 18.1 Å². The minimum absolute atomic E-state index is 0.0936. The molecule has 130 valence electrons. The molecule has 0 unspecified atom stereocenters. The Morgan fingerprint density at radius 2 is 1.68 bits per heavy atom. The van der Waals surface area contributed by atoms with Crippen LogP contribution >= 0.6 is 0 Å². The zero-order valence-electron chi connectivity index (χ0n) is 14.0. The van der Waals surface area contributed by atoms with E-state index in [1.807, 2.05) is 13.0 Å². The van der Waals surface area contributed by atoms with E-state index in [4.69, 9.17) is 4.74 Å². The minimum Gasteiger partial charge on any atom is -0.463 e. The molecule has 0 heterocycles. The van der Waals surface area contributed by atoms with Crippen LogP contribution in [0.5, 0.6) is 0 Å². The summed E-state index contributed by atoms with van der Waals surface area (Å²) in [6.07, 6.45) is 2.51. The molecule has 2 rings (SSSR count). The van der Waals surface area contributed by atoms with E-state index < -0.39 is 16.0 Å². The average molecular weight is 357 g/mol. The summed E-state index contributed by atoms with van der Waals surface area (Å²) < 4.78 is 33.9. The van der Waals surface area contributed by atoms with Crippen LogP contribution in [0.2, 0.25) is 0 Å². The Morgan fingerprint density at radius 1 is 1.04 bits per heavy atom. The van der Waals surface area contributed by atoms with Gasteiger partial charge in [-0.1, -0.05) is 48.0 Å². The highest BCUT2D eigenvalue weighted by molar-refractivity contribution is 7.90. The topological polar surface area (TPSA) is 72.8 Å². The van der Waals surface area contributed by atoms with Gasteiger partial charge in [0.1, 0.15) is 0 Å². The molecule has 0 aliphatic carbocycles. The molecule has 2 aromatic carbocycles. The van der Waals surface area contributed by atoms with Crippen LogP contribution in [0.25, 0.3) is 0 Å². The predicted octanol–water partition coefficient (Wildman–Crippen LogP) is 3.29. The SMILES string of the molecule is CCOC(=O)/C=C/C(=N/S(=O)(=O)c1ccc(C)cc1)c1ccccc1. The van der Waals surface area contributed by atoms with Gasteiger partial charge in [-0.05, 0) is 32.1 Å². The molecule has 25 heavy (non-hydrogen) atoms. The number of aryl methyl sites for hydroxylation is 1. The molecule has 0 aliphatic rings. The van der Waals surface area contributed by atoms with Gasteiger partial charge in [0.15, 0.2) is 0 Å². The summed E-state index contributed by atoms with van der Waals surface area (Å²) in [6.45, 7) is 3.81. The molecule has 0 aromatic heterocycles. The maximum Gasteiger partial charge on any atom is 0.330 e. The number of carbonyl (C=O) groups excluding carboxylic acids is 1. The second-order valence-corrected chi connectivity index (χ2v) is 6.82. The van der Waals surface area contributed by atoms with E-state index in [2.05, 4.69) is 4.40 Å². The second kappa shape index (κ2) is 8.39. The van der Waals surface area contributed by atoms with Crippen molar-refractivity contribution in [3.63, 3.8) is 0 Å². The third-order valence-electron chi connectivity index (χ3n) is 3.27. The van der Waals surface area contributed by atoms with Crippen molar-refractivity contribution in [2.45, 2.75) is 18.7 Å². The third kappa shape index (κ3) is 5.39. The molecule has 0 aliphatic heterocycles. The molecule has 0 radical (unpaired) electrons. The molecule has 0 bridgehead atoms. The highest BCUT2D eigenvalue weighted by Crippen LogP contribution is 2.15. The first-order chi connectivity index (χ1) is 11.9. The number of hydrogen-bond donors (Lipinski definition) is 0. The first kappa shape index (κ1) is 18.6. The van der Waals surface area contributed by atoms with Crippen molar-refractivity contribution in [3.05, 3.63) is 77.9 Å². The van der Waals surface area contributed by atoms with E-state index >= 15 is 0 Å². The Bertz CT molecular complexity index is 883. The lowest BCUT2D eigenvalue weighted by Gasteiger charge is -2.04. The van der Waals surface area contributed by atoms with Gasteiger partial charge in [0.25, 0.3) is 10.0 Å². The molecule has 0 saturated heterocycles. The first-order valence-corrected chi connectivity index (χ1v) is 9.18. The lowest BCUT2D eigenvalue weighted by atomic mass is 10.1. The maximum absolute atomic E-state index is 12.6. The fourth-order valence-electron chi connectivity index (χ4n) is 2.02. The Kier molecular flexibility index (Phi) is 6.25. The molecule has 0 fully saturated rings. The Labute approximate surface area is 147 Å². The van der Waals surface area contributed by atoms with Gasteiger partial charge < -0.3 is 4.74 Å². The molecular weight excluding hydrogens is 338 g/mol. The van der Waals surface area contributed by atoms with E-state index in [1.165, 1.54) is 24.3 Å². The number of rotatable bonds is 6. The molecule has 0 atom stereocenters. The van der Waals surface area contributed by atoms with Gasteiger partial charge in [-0.15, -0.1) is 0 Å². The zero-order valence-corrected chi connectivity index (χ0v) is 14.9. The number of benzene rings is 2. The molecule has 2 aromatic rings. The molecule has 0 N–H and O–H groups in total. The normalized spacial score (nSPS) is 12.3. The Morgan fingerprint density at radius 3 is 2.28 bits per heavy atom. The molecule has 0 saturated carbocycles. The number of allylic oxidation sites excluding steroid dienone is 1. The van der Waals surface area contributed by atoms with Crippen LogP contribution in [-0.4, -0.2) is 26.7 Å². The van der Waals surface area contributed by atoms with Gasteiger partial charge in [0.2, 0.25) is 0 Å². The number of esters is 1. The lowest BCUT2D eigenvalue weighted by Crippen LogP contribution is -2.06. The predicted molar refractivity (Wildman–Crippen MR) is 97.1 cm³/mol. The van der Waals surface area contributed by atoms with Crippen molar-refractivity contribution in [3.8, 4) is 0 Å². The zero-order chi connectivity index (χ0) is 18.3. The first-order valence-electron chi connectivity index (χ1n) is 7.74. The standard InChI is InChI=1S/C19H19NO4S/c1-3-24-19(21)14-13-18(16-7-5-4-6-8-16)20-25(22,23)17-11-9-15(2)10-12-17/h4-14H,3H2,1-2H3/b14-13+,20-18-. The van der Waals surface area contributed by atoms with Crippen molar-refractivity contribution in [2.24, 2.45) is 4.40 Å². The van der Waals surface area contributed by atoms with E-state index in [1.54, 1.807) is 43.3 Å². The van der Waals surface area contributed by atoms with Gasteiger partial charge in [-0.2, -0.15) is 12.8 Å². The molecule has 0 spiro atoms. The van der Waals surface area contributed by atoms with E-state index in [0.717, 1.165) is 5.56 Å². The molecular formula is C19H19NO4S. The van der Waals surface area contributed by atoms with Gasteiger partial charge in [0.05, 0.1) is 17.2 Å². The fraction of sp³-hybridized carbons (Fsp3) is 0.158.